The van der Waals surface area contributed by atoms with Crippen LogP contribution in [0.2, 0.25) is 0 Å². The van der Waals surface area contributed by atoms with Crippen molar-refractivity contribution in [1.29, 1.82) is 0 Å². The van der Waals surface area contributed by atoms with Crippen LogP contribution < -0.4 is 10.6 Å². The zero-order valence-corrected chi connectivity index (χ0v) is 12.9. The number of amides is 1. The summed E-state index contributed by atoms with van der Waals surface area (Å²) in [5.74, 6) is 0.112. The van der Waals surface area contributed by atoms with E-state index in [2.05, 4.69) is 29.4 Å². The van der Waals surface area contributed by atoms with E-state index in [4.69, 9.17) is 0 Å². The molecule has 112 valence electrons. The summed E-state index contributed by atoms with van der Waals surface area (Å²) in [6.45, 7) is 10.2. The van der Waals surface area contributed by atoms with E-state index < -0.39 is 0 Å². The van der Waals surface area contributed by atoms with Gasteiger partial charge in [0.15, 0.2) is 0 Å². The number of piperidine rings is 1. The van der Waals surface area contributed by atoms with E-state index in [0.29, 0.717) is 6.54 Å². The Bertz CT molecular complexity index is 258. The molecule has 0 aromatic rings. The maximum atomic E-state index is 11.5. The van der Waals surface area contributed by atoms with Crippen molar-refractivity contribution in [2.75, 3.05) is 26.2 Å². The predicted molar refractivity (Wildman–Crippen MR) is 80.3 cm³/mol. The smallest absolute Gasteiger partial charge is 0.234 e. The molecular formula is C15H31N3O. The Morgan fingerprint density at radius 1 is 1.42 bits per heavy atom. The third kappa shape index (κ3) is 6.92. The highest BCUT2D eigenvalue weighted by molar-refractivity contribution is 5.78. The molecule has 0 saturated carbocycles. The fourth-order valence-electron chi connectivity index (χ4n) is 2.53. The topological polar surface area (TPSA) is 44.4 Å². The molecule has 1 fully saturated rings. The van der Waals surface area contributed by atoms with Crippen LogP contribution in [0, 0.1) is 0 Å². The van der Waals surface area contributed by atoms with Crippen LogP contribution >= 0.6 is 0 Å². The molecule has 2 unspecified atom stereocenters. The van der Waals surface area contributed by atoms with Crippen molar-refractivity contribution in [2.24, 2.45) is 0 Å². The van der Waals surface area contributed by atoms with Gasteiger partial charge in [0.25, 0.3) is 0 Å². The summed E-state index contributed by atoms with van der Waals surface area (Å²) in [6.07, 6.45) is 6.17. The van der Waals surface area contributed by atoms with E-state index in [0.717, 1.165) is 32.0 Å². The highest BCUT2D eigenvalue weighted by Crippen LogP contribution is 2.15. The molecule has 1 heterocycles. The van der Waals surface area contributed by atoms with Crippen LogP contribution in [0.5, 0.6) is 0 Å². The Hall–Kier alpha value is -0.610. The maximum Gasteiger partial charge on any atom is 0.234 e. The van der Waals surface area contributed by atoms with Crippen LogP contribution in [0.3, 0.4) is 0 Å². The minimum absolute atomic E-state index is 0.112. The lowest BCUT2D eigenvalue weighted by molar-refractivity contribution is -0.120. The van der Waals surface area contributed by atoms with Crippen molar-refractivity contribution in [1.82, 2.24) is 15.5 Å². The molecule has 1 aliphatic rings. The fourth-order valence-corrected chi connectivity index (χ4v) is 2.53. The van der Waals surface area contributed by atoms with Gasteiger partial charge in [-0.2, -0.15) is 0 Å². The molecule has 0 bridgehead atoms. The van der Waals surface area contributed by atoms with Crippen molar-refractivity contribution >= 4 is 5.91 Å². The first-order valence-electron chi connectivity index (χ1n) is 7.87. The van der Waals surface area contributed by atoms with E-state index in [9.17, 15) is 4.79 Å². The van der Waals surface area contributed by atoms with Gasteiger partial charge < -0.3 is 15.5 Å². The van der Waals surface area contributed by atoms with Crippen LogP contribution in [-0.4, -0.2) is 49.1 Å². The largest absolute Gasteiger partial charge is 0.353 e. The minimum atomic E-state index is 0.112. The normalized spacial score (nSPS) is 22.2. The van der Waals surface area contributed by atoms with Crippen LogP contribution in [0.4, 0.5) is 0 Å². The molecule has 0 radical (unpaired) electrons. The average Bonchev–Trinajstić information content (AvgIpc) is 2.40. The lowest BCUT2D eigenvalue weighted by Gasteiger charge is -2.33. The second-order valence-electron chi connectivity index (χ2n) is 5.79. The Morgan fingerprint density at radius 2 is 2.21 bits per heavy atom. The van der Waals surface area contributed by atoms with Gasteiger partial charge in [0.2, 0.25) is 5.91 Å². The van der Waals surface area contributed by atoms with Gasteiger partial charge in [-0.25, -0.2) is 0 Å². The molecule has 2 atom stereocenters. The van der Waals surface area contributed by atoms with Crippen molar-refractivity contribution in [3.8, 4) is 0 Å². The molecule has 1 saturated heterocycles. The Morgan fingerprint density at radius 3 is 2.89 bits per heavy atom. The minimum Gasteiger partial charge on any atom is -0.353 e. The van der Waals surface area contributed by atoms with Gasteiger partial charge in [-0.1, -0.05) is 13.3 Å². The Balaban J connectivity index is 2.00. The van der Waals surface area contributed by atoms with Gasteiger partial charge in [-0.15, -0.1) is 0 Å². The summed E-state index contributed by atoms with van der Waals surface area (Å²) >= 11 is 0. The fraction of sp³-hybridized carbons (Fsp3) is 0.933. The number of nitrogens with one attached hydrogen (secondary N) is 2. The first kappa shape index (κ1) is 16.4. The van der Waals surface area contributed by atoms with Crippen LogP contribution in [0.1, 0.15) is 52.9 Å². The molecule has 1 amide bonds. The van der Waals surface area contributed by atoms with Crippen LogP contribution in [0.25, 0.3) is 0 Å². The second-order valence-corrected chi connectivity index (χ2v) is 5.79. The second kappa shape index (κ2) is 9.32. The quantitative estimate of drug-likeness (QED) is 0.660. The molecule has 0 aromatic heterocycles. The van der Waals surface area contributed by atoms with Gasteiger partial charge in [-0.3, -0.25) is 4.79 Å². The number of rotatable bonds is 8. The number of likely N-dealkylation sites (tertiary alicyclic amines) is 1. The SMILES string of the molecule is CCC(C)NC(=O)CNCCCN1CCCCC1C. The van der Waals surface area contributed by atoms with Crippen molar-refractivity contribution < 1.29 is 4.79 Å². The zero-order valence-electron chi connectivity index (χ0n) is 12.9. The first-order chi connectivity index (χ1) is 9.13. The summed E-state index contributed by atoms with van der Waals surface area (Å²) in [4.78, 5) is 14.1. The molecule has 0 aromatic carbocycles. The van der Waals surface area contributed by atoms with Crippen molar-refractivity contribution in [3.63, 3.8) is 0 Å². The molecule has 1 aliphatic heterocycles. The molecular weight excluding hydrogens is 238 g/mol. The highest BCUT2D eigenvalue weighted by Gasteiger charge is 2.16. The third-order valence-corrected chi connectivity index (χ3v) is 4.04. The monoisotopic (exact) mass is 269 g/mol. The zero-order chi connectivity index (χ0) is 14.1. The van der Waals surface area contributed by atoms with Gasteiger partial charge >= 0.3 is 0 Å². The summed E-state index contributed by atoms with van der Waals surface area (Å²) in [5, 5.41) is 6.20. The number of carbonyl (C=O) groups is 1. The number of carbonyl (C=O) groups excluding carboxylic acids is 1. The summed E-state index contributed by atoms with van der Waals surface area (Å²) in [6, 6.07) is 1.02. The van der Waals surface area contributed by atoms with E-state index >= 15 is 0 Å². The van der Waals surface area contributed by atoms with E-state index in [-0.39, 0.29) is 11.9 Å². The van der Waals surface area contributed by atoms with Crippen molar-refractivity contribution in [3.05, 3.63) is 0 Å². The molecule has 4 heteroatoms. The molecule has 1 rings (SSSR count). The standard InChI is InChI=1S/C15H31N3O/c1-4-13(2)17-15(19)12-16-9-7-11-18-10-6-5-8-14(18)3/h13-14,16H,4-12H2,1-3H3,(H,17,19). The van der Waals surface area contributed by atoms with E-state index in [1.807, 2.05) is 6.92 Å². The van der Waals surface area contributed by atoms with Crippen LogP contribution in [0.15, 0.2) is 0 Å². The van der Waals surface area contributed by atoms with Gasteiger partial charge in [0, 0.05) is 12.1 Å². The third-order valence-electron chi connectivity index (χ3n) is 4.04. The molecule has 2 N–H and O–H groups in total. The van der Waals surface area contributed by atoms with E-state index in [1.165, 1.54) is 25.8 Å². The van der Waals surface area contributed by atoms with Crippen molar-refractivity contribution in [2.45, 2.75) is 65.0 Å². The molecule has 19 heavy (non-hydrogen) atoms. The number of hydrogen-bond donors (Lipinski definition) is 2. The Kier molecular flexibility index (Phi) is 8.07. The maximum absolute atomic E-state index is 11.5. The summed E-state index contributed by atoms with van der Waals surface area (Å²) in [5.41, 5.74) is 0. The average molecular weight is 269 g/mol. The molecule has 0 aliphatic carbocycles. The van der Waals surface area contributed by atoms with Gasteiger partial charge in [0.05, 0.1) is 6.54 Å². The summed E-state index contributed by atoms with van der Waals surface area (Å²) < 4.78 is 0. The number of hydrogen-bond acceptors (Lipinski definition) is 3. The van der Waals surface area contributed by atoms with E-state index in [1.54, 1.807) is 0 Å². The first-order valence-corrected chi connectivity index (χ1v) is 7.87. The predicted octanol–water partition coefficient (Wildman–Crippen LogP) is 1.76. The Labute approximate surface area is 118 Å². The lowest BCUT2D eigenvalue weighted by atomic mass is 10.0. The molecule has 4 nitrogen and oxygen atoms in total. The van der Waals surface area contributed by atoms with Crippen LogP contribution in [-0.2, 0) is 4.79 Å². The van der Waals surface area contributed by atoms with Gasteiger partial charge in [0.1, 0.15) is 0 Å². The van der Waals surface area contributed by atoms with Gasteiger partial charge in [-0.05, 0) is 59.2 Å². The highest BCUT2D eigenvalue weighted by atomic mass is 16.1. The lowest BCUT2D eigenvalue weighted by Crippen LogP contribution is -2.41. The number of nitrogens with zero attached hydrogens (tertiary/aromatic N) is 1. The molecule has 0 spiro atoms. The summed E-state index contributed by atoms with van der Waals surface area (Å²) in [7, 11) is 0.